The average molecular weight is 524 g/mol. The first kappa shape index (κ1) is 27.3. The molecule has 37 heavy (non-hydrogen) atoms. The molecule has 0 saturated heterocycles. The number of hydrogen-bond acceptors (Lipinski definition) is 10. The number of non-ortho nitro benzene ring substituents is 1. The number of nitriles is 1. The fraction of sp³-hybridized carbons (Fsp3) is 0.269. The summed E-state index contributed by atoms with van der Waals surface area (Å²) < 4.78 is 16.0. The number of nitro groups is 1. The lowest BCUT2D eigenvalue weighted by atomic mass is 9.79. The normalized spacial score (nSPS) is 14.9. The van der Waals surface area contributed by atoms with E-state index in [1.54, 1.807) is 19.1 Å². The van der Waals surface area contributed by atoms with Gasteiger partial charge < -0.3 is 19.5 Å². The Labute approximate surface area is 218 Å². The summed E-state index contributed by atoms with van der Waals surface area (Å²) in [6.45, 7) is 1.49. The van der Waals surface area contributed by atoms with Crippen molar-refractivity contribution in [3.8, 4) is 11.8 Å². The summed E-state index contributed by atoms with van der Waals surface area (Å²) in [6, 6.07) is 13.1. The molecule has 0 spiro atoms. The van der Waals surface area contributed by atoms with E-state index in [0.29, 0.717) is 28.3 Å². The van der Waals surface area contributed by atoms with E-state index in [4.69, 9.17) is 19.5 Å². The highest BCUT2D eigenvalue weighted by Crippen LogP contribution is 2.44. The van der Waals surface area contributed by atoms with Crippen molar-refractivity contribution in [2.45, 2.75) is 24.2 Å². The van der Waals surface area contributed by atoms with E-state index < -0.39 is 22.8 Å². The van der Waals surface area contributed by atoms with Gasteiger partial charge >= 0.3 is 11.9 Å². The first-order chi connectivity index (χ1) is 17.8. The van der Waals surface area contributed by atoms with E-state index in [2.05, 4.69) is 5.32 Å². The Morgan fingerprint density at radius 2 is 1.92 bits per heavy atom. The molecular formula is C26H25N3O7S. The molecule has 192 valence electrons. The number of nitrogens with one attached hydrogen (secondary N) is 1. The Morgan fingerprint density at radius 1 is 1.16 bits per heavy atom. The largest absolute Gasteiger partial charge is 0.496 e. The van der Waals surface area contributed by atoms with Crippen molar-refractivity contribution in [2.24, 2.45) is 0 Å². The summed E-state index contributed by atoms with van der Waals surface area (Å²) >= 11 is 1.52. The number of carbonyl (C=O) groups excluding carboxylic acids is 2. The highest BCUT2D eigenvalue weighted by molar-refractivity contribution is 7.98. The second-order valence-electron chi connectivity index (χ2n) is 7.84. The number of nitrogens with zero attached hydrogens (tertiary/aromatic N) is 2. The number of esters is 2. The van der Waals surface area contributed by atoms with Gasteiger partial charge in [0.05, 0.1) is 54.4 Å². The van der Waals surface area contributed by atoms with Gasteiger partial charge in [-0.05, 0) is 36.9 Å². The summed E-state index contributed by atoms with van der Waals surface area (Å²) in [4.78, 5) is 38.4. The van der Waals surface area contributed by atoms with Crippen LogP contribution < -0.4 is 10.1 Å². The van der Waals surface area contributed by atoms with Crippen LogP contribution in [0.3, 0.4) is 0 Å². The van der Waals surface area contributed by atoms with E-state index in [0.717, 1.165) is 4.90 Å². The van der Waals surface area contributed by atoms with Gasteiger partial charge in [-0.2, -0.15) is 5.26 Å². The van der Waals surface area contributed by atoms with Crippen molar-refractivity contribution in [3.05, 3.63) is 80.5 Å². The van der Waals surface area contributed by atoms with E-state index >= 15 is 0 Å². The standard InChI is InChI=1S/C26H25N3O7S/c1-15-21(26(31)36-12-6-11-27)22(16-7-5-8-17(13-16)29(32)33)23(25(30)35-3)24(28-15)19-10-9-18(37-4)14-20(19)34-2/h5,7-10,13-14,22,28H,6,12H2,1-4H3. The van der Waals surface area contributed by atoms with Gasteiger partial charge in [0.1, 0.15) is 12.4 Å². The smallest absolute Gasteiger partial charge is 0.336 e. The van der Waals surface area contributed by atoms with Gasteiger partial charge in [-0.25, -0.2) is 9.59 Å². The highest BCUT2D eigenvalue weighted by Gasteiger charge is 2.40. The van der Waals surface area contributed by atoms with Gasteiger partial charge in [0.25, 0.3) is 5.69 Å². The van der Waals surface area contributed by atoms with E-state index in [1.807, 2.05) is 24.5 Å². The van der Waals surface area contributed by atoms with Crippen molar-refractivity contribution in [3.63, 3.8) is 0 Å². The number of dihydropyridines is 1. The number of nitro benzene ring substituents is 1. The molecule has 0 bridgehead atoms. The number of carbonyl (C=O) groups is 2. The van der Waals surface area contributed by atoms with Crippen LogP contribution in [0.5, 0.6) is 5.75 Å². The lowest BCUT2D eigenvalue weighted by Crippen LogP contribution is -2.32. The molecule has 10 nitrogen and oxygen atoms in total. The number of thioether (sulfide) groups is 1. The van der Waals surface area contributed by atoms with Gasteiger partial charge in [-0.15, -0.1) is 11.8 Å². The van der Waals surface area contributed by atoms with Crippen LogP contribution in [0.1, 0.15) is 30.4 Å². The molecule has 0 fully saturated rings. The summed E-state index contributed by atoms with van der Waals surface area (Å²) in [5.74, 6) is -2.10. The van der Waals surface area contributed by atoms with E-state index in [1.165, 1.54) is 44.2 Å². The second kappa shape index (κ2) is 12.1. The summed E-state index contributed by atoms with van der Waals surface area (Å²) in [5, 5.41) is 23.5. The Morgan fingerprint density at radius 3 is 2.54 bits per heavy atom. The van der Waals surface area contributed by atoms with E-state index in [9.17, 15) is 19.7 Å². The van der Waals surface area contributed by atoms with Crippen molar-refractivity contribution in [1.82, 2.24) is 5.32 Å². The van der Waals surface area contributed by atoms with Gasteiger partial charge in [-0.3, -0.25) is 10.1 Å². The monoisotopic (exact) mass is 523 g/mol. The molecule has 1 aliphatic rings. The fourth-order valence-electron chi connectivity index (χ4n) is 4.06. The molecule has 0 saturated carbocycles. The van der Waals surface area contributed by atoms with Gasteiger partial charge in [0, 0.05) is 28.3 Å². The van der Waals surface area contributed by atoms with Crippen LogP contribution in [-0.4, -0.2) is 43.9 Å². The molecule has 1 atom stereocenters. The molecule has 1 aliphatic heterocycles. The topological polar surface area (TPSA) is 141 Å². The highest BCUT2D eigenvalue weighted by atomic mass is 32.2. The van der Waals surface area contributed by atoms with Crippen molar-refractivity contribution in [2.75, 3.05) is 27.1 Å². The zero-order valence-corrected chi connectivity index (χ0v) is 21.5. The number of rotatable bonds is 9. The lowest BCUT2D eigenvalue weighted by Gasteiger charge is -2.32. The molecule has 2 aromatic carbocycles. The molecule has 1 N–H and O–H groups in total. The molecule has 0 aliphatic carbocycles. The molecule has 2 aromatic rings. The van der Waals surface area contributed by atoms with Crippen molar-refractivity contribution in [1.29, 1.82) is 5.26 Å². The molecular weight excluding hydrogens is 498 g/mol. The first-order valence-electron chi connectivity index (χ1n) is 11.1. The minimum Gasteiger partial charge on any atom is -0.496 e. The van der Waals surface area contributed by atoms with Crippen LogP contribution in [0.25, 0.3) is 5.70 Å². The van der Waals surface area contributed by atoms with Gasteiger partial charge in [0.2, 0.25) is 0 Å². The number of hydrogen-bond donors (Lipinski definition) is 1. The zero-order valence-electron chi connectivity index (χ0n) is 20.7. The first-order valence-corrected chi connectivity index (χ1v) is 12.3. The van der Waals surface area contributed by atoms with Crippen LogP contribution in [0.15, 0.2) is 64.2 Å². The van der Waals surface area contributed by atoms with Crippen LogP contribution in [0.4, 0.5) is 5.69 Å². The third-order valence-corrected chi connectivity index (χ3v) is 6.45. The SMILES string of the molecule is COC(=O)C1=C(c2ccc(SC)cc2OC)NC(C)=C(C(=O)OCCC#N)C1c1cccc([N+](=O)[O-])c1. The maximum Gasteiger partial charge on any atom is 0.336 e. The number of ether oxygens (including phenoxy) is 3. The van der Waals surface area contributed by atoms with Crippen molar-refractivity contribution >= 4 is 35.1 Å². The summed E-state index contributed by atoms with van der Waals surface area (Å²) in [7, 11) is 2.71. The fourth-order valence-corrected chi connectivity index (χ4v) is 4.49. The van der Waals surface area contributed by atoms with Gasteiger partial charge in [-0.1, -0.05) is 12.1 Å². The molecule has 1 unspecified atom stereocenters. The van der Waals surface area contributed by atoms with Gasteiger partial charge in [0.15, 0.2) is 0 Å². The quantitative estimate of drug-likeness (QED) is 0.166. The summed E-state index contributed by atoms with van der Waals surface area (Å²) in [6.07, 6.45) is 1.90. The predicted molar refractivity (Wildman–Crippen MR) is 137 cm³/mol. The van der Waals surface area contributed by atoms with Crippen molar-refractivity contribution < 1.29 is 28.7 Å². The lowest BCUT2D eigenvalue weighted by molar-refractivity contribution is -0.384. The van der Waals surface area contributed by atoms with Crippen LogP contribution in [0.2, 0.25) is 0 Å². The Balaban J connectivity index is 2.33. The Bertz CT molecular complexity index is 1340. The molecule has 11 heteroatoms. The third kappa shape index (κ3) is 5.76. The van der Waals surface area contributed by atoms with E-state index in [-0.39, 0.29) is 29.9 Å². The molecule has 1 heterocycles. The van der Waals surface area contributed by atoms with Crippen LogP contribution in [-0.2, 0) is 19.1 Å². The molecule has 0 radical (unpaired) electrons. The summed E-state index contributed by atoms with van der Waals surface area (Å²) in [5.41, 5.74) is 1.47. The van der Waals surface area contributed by atoms with Crippen LogP contribution >= 0.6 is 11.8 Å². The van der Waals surface area contributed by atoms with Crippen LogP contribution in [0, 0.1) is 21.4 Å². The molecule has 0 amide bonds. The second-order valence-corrected chi connectivity index (χ2v) is 8.72. The number of methoxy groups -OCH3 is 2. The molecule has 0 aromatic heterocycles. The zero-order chi connectivity index (χ0) is 27.1. The predicted octanol–water partition coefficient (Wildman–Crippen LogP) is 4.33. The maximum absolute atomic E-state index is 13.3. The molecule has 3 rings (SSSR count). The Hall–Kier alpha value is -4.30. The number of benzene rings is 2. The minimum absolute atomic E-state index is 0.0170. The Kier molecular flexibility index (Phi) is 8.92. The maximum atomic E-state index is 13.3. The average Bonchev–Trinajstić information content (AvgIpc) is 2.91. The third-order valence-electron chi connectivity index (χ3n) is 5.73. The minimum atomic E-state index is -1.07. The number of allylic oxidation sites excluding steroid dienone is 1.